The van der Waals surface area contributed by atoms with Crippen LogP contribution in [0.2, 0.25) is 10.0 Å². The van der Waals surface area contributed by atoms with Crippen LogP contribution in [0, 0.1) is 0 Å². The molecule has 1 aliphatic rings. The zero-order valence-corrected chi connectivity index (χ0v) is 12.7. The van der Waals surface area contributed by atoms with Crippen LogP contribution in [0.3, 0.4) is 0 Å². The summed E-state index contributed by atoms with van der Waals surface area (Å²) in [5.74, 6) is 0.0138. The molecule has 20 heavy (non-hydrogen) atoms. The van der Waals surface area contributed by atoms with Crippen LogP contribution in [0.4, 0.5) is 0 Å². The Labute approximate surface area is 131 Å². The van der Waals surface area contributed by atoms with Crippen LogP contribution in [0.1, 0.15) is 22.0 Å². The van der Waals surface area contributed by atoms with Crippen LogP contribution in [0.25, 0.3) is 0 Å². The summed E-state index contributed by atoms with van der Waals surface area (Å²) in [7, 11) is 0. The zero-order valence-electron chi connectivity index (χ0n) is 10.3. The third-order valence-electron chi connectivity index (χ3n) is 3.31. The highest BCUT2D eigenvalue weighted by Crippen LogP contribution is 2.43. The second kappa shape index (κ2) is 5.41. The number of benzene rings is 2. The molecule has 0 fully saturated rings. The molecular formula is C15H11Cl2NOS. The molecule has 2 unspecified atom stereocenters. The quantitative estimate of drug-likeness (QED) is 0.893. The number of halogens is 2. The molecule has 0 radical (unpaired) electrons. The summed E-state index contributed by atoms with van der Waals surface area (Å²) in [6.07, 6.45) is 0. The van der Waals surface area contributed by atoms with Crippen LogP contribution < -0.4 is 5.73 Å². The van der Waals surface area contributed by atoms with Crippen molar-refractivity contribution in [2.75, 3.05) is 0 Å². The molecule has 2 aromatic rings. The van der Waals surface area contributed by atoms with Gasteiger partial charge in [0.25, 0.3) is 0 Å². The molecule has 2 aromatic carbocycles. The first kappa shape index (κ1) is 14.0. The van der Waals surface area contributed by atoms with E-state index in [1.807, 2.05) is 24.3 Å². The number of thioether (sulfide) groups is 1. The van der Waals surface area contributed by atoms with Gasteiger partial charge in [0, 0.05) is 20.5 Å². The Bertz CT molecular complexity index is 689. The molecule has 0 aliphatic carbocycles. The van der Waals surface area contributed by atoms with E-state index in [9.17, 15) is 4.79 Å². The SMILES string of the molecule is NC(c1ccccc1Cl)C1Sc2ccc(Cl)cc2C1=O. The Morgan fingerprint density at radius 2 is 1.90 bits per heavy atom. The van der Waals surface area contributed by atoms with Crippen LogP contribution in [-0.2, 0) is 0 Å². The van der Waals surface area contributed by atoms with Crippen LogP contribution in [0.5, 0.6) is 0 Å². The molecule has 102 valence electrons. The lowest BCUT2D eigenvalue weighted by molar-refractivity contribution is 0.0984. The highest BCUT2D eigenvalue weighted by Gasteiger charge is 2.36. The second-order valence-corrected chi connectivity index (χ2v) is 6.62. The van der Waals surface area contributed by atoms with Gasteiger partial charge in [-0.2, -0.15) is 0 Å². The number of hydrogen-bond donors (Lipinski definition) is 1. The fourth-order valence-corrected chi connectivity index (χ4v) is 3.95. The largest absolute Gasteiger partial charge is 0.323 e. The minimum Gasteiger partial charge on any atom is -0.323 e. The van der Waals surface area contributed by atoms with E-state index in [2.05, 4.69) is 0 Å². The first-order valence-corrected chi connectivity index (χ1v) is 7.72. The molecule has 0 bridgehead atoms. The van der Waals surface area contributed by atoms with Crippen molar-refractivity contribution in [1.29, 1.82) is 0 Å². The zero-order chi connectivity index (χ0) is 14.3. The van der Waals surface area contributed by atoms with Gasteiger partial charge in [0.1, 0.15) is 0 Å². The summed E-state index contributed by atoms with van der Waals surface area (Å²) >= 11 is 13.6. The fourth-order valence-electron chi connectivity index (χ4n) is 2.29. The number of carbonyl (C=O) groups is 1. The number of nitrogens with two attached hydrogens (primary N) is 1. The molecule has 0 saturated carbocycles. The average molecular weight is 324 g/mol. The van der Waals surface area contributed by atoms with E-state index >= 15 is 0 Å². The van der Waals surface area contributed by atoms with Gasteiger partial charge in [0.15, 0.2) is 5.78 Å². The summed E-state index contributed by atoms with van der Waals surface area (Å²) in [5.41, 5.74) is 7.69. The standard InChI is InChI=1S/C15H11Cl2NOS/c16-8-5-6-12-10(7-8)14(19)15(20-12)13(18)9-3-1-2-4-11(9)17/h1-7,13,15H,18H2. The van der Waals surface area contributed by atoms with E-state index in [-0.39, 0.29) is 11.0 Å². The summed E-state index contributed by atoms with van der Waals surface area (Å²) < 4.78 is 0. The Kier molecular flexibility index (Phi) is 3.78. The molecule has 1 heterocycles. The minimum absolute atomic E-state index is 0.0138. The third kappa shape index (κ3) is 2.35. The van der Waals surface area contributed by atoms with Crippen molar-refractivity contribution in [1.82, 2.24) is 0 Å². The van der Waals surface area contributed by atoms with Gasteiger partial charge in [0.2, 0.25) is 0 Å². The highest BCUT2D eigenvalue weighted by molar-refractivity contribution is 8.01. The predicted octanol–water partition coefficient (Wildman–Crippen LogP) is 4.35. The summed E-state index contributed by atoms with van der Waals surface area (Å²) in [6, 6.07) is 12.3. The van der Waals surface area contributed by atoms with Crippen molar-refractivity contribution >= 4 is 40.7 Å². The number of rotatable bonds is 2. The first-order valence-electron chi connectivity index (χ1n) is 6.08. The summed E-state index contributed by atoms with van der Waals surface area (Å²) in [6.45, 7) is 0. The van der Waals surface area contributed by atoms with Gasteiger partial charge >= 0.3 is 0 Å². The molecule has 0 spiro atoms. The van der Waals surface area contributed by atoms with Crippen LogP contribution >= 0.6 is 35.0 Å². The fraction of sp³-hybridized carbons (Fsp3) is 0.133. The minimum atomic E-state index is -0.438. The molecule has 2 nitrogen and oxygen atoms in total. The topological polar surface area (TPSA) is 43.1 Å². The second-order valence-electron chi connectivity index (χ2n) is 4.59. The first-order chi connectivity index (χ1) is 9.58. The number of carbonyl (C=O) groups excluding carboxylic acids is 1. The smallest absolute Gasteiger partial charge is 0.179 e. The van der Waals surface area contributed by atoms with Crippen LogP contribution in [0.15, 0.2) is 47.4 Å². The average Bonchev–Trinajstić information content (AvgIpc) is 2.76. The molecule has 2 atom stereocenters. The van der Waals surface area contributed by atoms with E-state index < -0.39 is 6.04 Å². The molecule has 0 amide bonds. The molecule has 1 aliphatic heterocycles. The van der Waals surface area contributed by atoms with Crippen molar-refractivity contribution in [2.45, 2.75) is 16.2 Å². The lowest BCUT2D eigenvalue weighted by Gasteiger charge is -2.18. The normalized spacial score (nSPS) is 18.9. The molecular weight excluding hydrogens is 313 g/mol. The lowest BCUT2D eigenvalue weighted by atomic mass is 9.98. The maximum absolute atomic E-state index is 12.5. The Hall–Kier alpha value is -1.00. The number of hydrogen-bond acceptors (Lipinski definition) is 3. The summed E-state index contributed by atoms with van der Waals surface area (Å²) in [5, 5.41) is 0.787. The van der Waals surface area contributed by atoms with Crippen molar-refractivity contribution in [2.24, 2.45) is 5.73 Å². The molecule has 2 N–H and O–H groups in total. The number of fused-ring (bicyclic) bond motifs is 1. The van der Waals surface area contributed by atoms with E-state index in [1.165, 1.54) is 11.8 Å². The molecule has 0 saturated heterocycles. The van der Waals surface area contributed by atoms with Crippen LogP contribution in [-0.4, -0.2) is 11.0 Å². The van der Waals surface area contributed by atoms with E-state index in [0.29, 0.717) is 15.6 Å². The van der Waals surface area contributed by atoms with Crippen molar-refractivity contribution < 1.29 is 4.79 Å². The summed E-state index contributed by atoms with van der Waals surface area (Å²) in [4.78, 5) is 13.4. The van der Waals surface area contributed by atoms with Gasteiger partial charge < -0.3 is 5.73 Å². The van der Waals surface area contributed by atoms with E-state index in [4.69, 9.17) is 28.9 Å². The molecule has 3 rings (SSSR count). The Morgan fingerprint density at radius 3 is 2.65 bits per heavy atom. The van der Waals surface area contributed by atoms with E-state index in [0.717, 1.165) is 10.5 Å². The predicted molar refractivity (Wildman–Crippen MR) is 83.8 cm³/mol. The third-order valence-corrected chi connectivity index (χ3v) is 5.26. The van der Waals surface area contributed by atoms with Gasteiger partial charge in [-0.1, -0.05) is 41.4 Å². The Balaban J connectivity index is 1.94. The monoisotopic (exact) mass is 323 g/mol. The number of Topliss-reactive ketones (excluding diaryl/α,β-unsaturated/α-hetero) is 1. The van der Waals surface area contributed by atoms with Crippen molar-refractivity contribution in [3.63, 3.8) is 0 Å². The highest BCUT2D eigenvalue weighted by atomic mass is 35.5. The van der Waals surface area contributed by atoms with Gasteiger partial charge in [-0.05, 0) is 29.8 Å². The van der Waals surface area contributed by atoms with E-state index in [1.54, 1.807) is 18.2 Å². The molecule has 0 aromatic heterocycles. The number of ketones is 1. The van der Waals surface area contributed by atoms with Crippen molar-refractivity contribution in [3.8, 4) is 0 Å². The van der Waals surface area contributed by atoms with Gasteiger partial charge in [-0.3, -0.25) is 4.79 Å². The maximum Gasteiger partial charge on any atom is 0.179 e. The van der Waals surface area contributed by atoms with Gasteiger partial charge in [0.05, 0.1) is 11.3 Å². The van der Waals surface area contributed by atoms with Gasteiger partial charge in [-0.15, -0.1) is 11.8 Å². The Morgan fingerprint density at radius 1 is 1.15 bits per heavy atom. The maximum atomic E-state index is 12.5. The lowest BCUT2D eigenvalue weighted by Crippen LogP contribution is -2.28. The van der Waals surface area contributed by atoms with Crippen molar-refractivity contribution in [3.05, 3.63) is 63.6 Å². The van der Waals surface area contributed by atoms with Gasteiger partial charge in [-0.25, -0.2) is 0 Å². The molecule has 5 heteroatoms.